The van der Waals surface area contributed by atoms with Gasteiger partial charge < -0.3 is 10.1 Å². The molecule has 0 aliphatic carbocycles. The topological polar surface area (TPSA) is 93.5 Å². The van der Waals surface area contributed by atoms with Crippen molar-refractivity contribution >= 4 is 11.6 Å². The van der Waals surface area contributed by atoms with Crippen molar-refractivity contribution in [3.63, 3.8) is 0 Å². The first-order valence-electron chi connectivity index (χ1n) is 5.47. The van der Waals surface area contributed by atoms with E-state index in [2.05, 4.69) is 10.6 Å². The molecule has 1 aromatic carbocycles. The van der Waals surface area contributed by atoms with Gasteiger partial charge in [0.15, 0.2) is 5.75 Å². The van der Waals surface area contributed by atoms with Crippen LogP contribution in [0.1, 0.15) is 18.2 Å². The largest absolute Gasteiger partial charge is 0.490 e. The highest BCUT2D eigenvalue weighted by Crippen LogP contribution is 2.29. The smallest absolute Gasteiger partial charge is 0.311 e. The van der Waals surface area contributed by atoms with Gasteiger partial charge in [-0.25, -0.2) is 0 Å². The summed E-state index contributed by atoms with van der Waals surface area (Å²) in [5.74, 6) is 0.128. The van der Waals surface area contributed by atoms with Crippen LogP contribution in [0, 0.1) is 10.1 Å². The number of hydrogen-bond acceptors (Lipinski definition) is 5. The van der Waals surface area contributed by atoms with Crippen LogP contribution in [-0.2, 0) is 4.79 Å². The average Bonchev–Trinajstić information content (AvgIpc) is 2.38. The van der Waals surface area contributed by atoms with E-state index in [1.165, 1.54) is 19.2 Å². The lowest BCUT2D eigenvalue weighted by atomic mass is 10.1. The number of carbonyl (C=O) groups excluding carboxylic acids is 1. The zero-order valence-corrected chi connectivity index (χ0v) is 9.80. The summed E-state index contributed by atoms with van der Waals surface area (Å²) in [6.45, 7) is 0.552. The Morgan fingerprint density at radius 2 is 2.28 bits per heavy atom. The molecular weight excluding hydrogens is 238 g/mol. The van der Waals surface area contributed by atoms with E-state index in [9.17, 15) is 14.9 Å². The van der Waals surface area contributed by atoms with Crippen molar-refractivity contribution in [2.45, 2.75) is 12.6 Å². The van der Waals surface area contributed by atoms with Gasteiger partial charge in [-0.3, -0.25) is 20.2 Å². The van der Waals surface area contributed by atoms with Crippen molar-refractivity contribution < 1.29 is 14.5 Å². The van der Waals surface area contributed by atoms with Gasteiger partial charge in [-0.05, 0) is 11.6 Å². The molecule has 2 rings (SSSR count). The number of nitrogens with one attached hydrogen (secondary N) is 2. The maximum Gasteiger partial charge on any atom is 0.311 e. The Balaban J connectivity index is 2.31. The van der Waals surface area contributed by atoms with Crippen LogP contribution in [0.5, 0.6) is 5.75 Å². The third-order valence-electron chi connectivity index (χ3n) is 2.74. The summed E-state index contributed by atoms with van der Waals surface area (Å²) >= 11 is 0. The number of methoxy groups -OCH3 is 1. The molecule has 96 valence electrons. The third kappa shape index (κ3) is 2.40. The van der Waals surface area contributed by atoms with E-state index in [0.29, 0.717) is 18.5 Å². The minimum absolute atomic E-state index is 0.0720. The minimum Gasteiger partial charge on any atom is -0.490 e. The van der Waals surface area contributed by atoms with Crippen molar-refractivity contribution in [3.8, 4) is 5.75 Å². The molecule has 1 saturated heterocycles. The summed E-state index contributed by atoms with van der Waals surface area (Å²) in [6.07, 6.45) is 0.0187. The van der Waals surface area contributed by atoms with Gasteiger partial charge in [0.2, 0.25) is 5.91 Å². The number of amides is 1. The molecule has 1 aliphatic rings. The third-order valence-corrected chi connectivity index (χ3v) is 2.74. The molecule has 0 bridgehead atoms. The van der Waals surface area contributed by atoms with Crippen molar-refractivity contribution in [1.29, 1.82) is 0 Å². The Hall–Kier alpha value is -2.15. The normalized spacial score (nSPS) is 19.2. The zero-order valence-electron chi connectivity index (χ0n) is 9.80. The molecule has 1 aliphatic heterocycles. The number of nitro groups is 1. The molecule has 0 spiro atoms. The number of carbonyl (C=O) groups is 1. The van der Waals surface area contributed by atoms with Crippen LogP contribution in [-0.4, -0.2) is 24.5 Å². The van der Waals surface area contributed by atoms with Crippen LogP contribution < -0.4 is 15.4 Å². The molecule has 1 amide bonds. The fourth-order valence-electron chi connectivity index (χ4n) is 1.84. The molecule has 0 unspecified atom stereocenters. The lowest BCUT2D eigenvalue weighted by Gasteiger charge is -2.25. The Bertz CT molecular complexity index is 489. The van der Waals surface area contributed by atoms with E-state index in [0.717, 1.165) is 0 Å². The molecular formula is C11H13N3O4. The predicted molar refractivity (Wildman–Crippen MR) is 63.2 cm³/mol. The number of hydrogen-bond donors (Lipinski definition) is 2. The van der Waals surface area contributed by atoms with Gasteiger partial charge in [0, 0.05) is 19.0 Å². The Labute approximate surface area is 103 Å². The first-order chi connectivity index (χ1) is 8.61. The Morgan fingerprint density at radius 3 is 2.89 bits per heavy atom. The summed E-state index contributed by atoms with van der Waals surface area (Å²) in [6, 6.07) is 4.62. The molecule has 1 aromatic rings. The molecule has 7 heteroatoms. The highest BCUT2D eigenvalue weighted by Gasteiger charge is 2.22. The highest BCUT2D eigenvalue weighted by molar-refractivity contribution is 5.77. The lowest BCUT2D eigenvalue weighted by molar-refractivity contribution is -0.385. The second kappa shape index (κ2) is 5.01. The summed E-state index contributed by atoms with van der Waals surface area (Å²) in [7, 11) is 1.38. The Morgan fingerprint density at radius 1 is 1.50 bits per heavy atom. The number of benzene rings is 1. The van der Waals surface area contributed by atoms with E-state index in [1.807, 2.05) is 0 Å². The van der Waals surface area contributed by atoms with Crippen LogP contribution >= 0.6 is 0 Å². The van der Waals surface area contributed by atoms with Crippen LogP contribution in [0.15, 0.2) is 18.2 Å². The van der Waals surface area contributed by atoms with Gasteiger partial charge in [0.25, 0.3) is 0 Å². The molecule has 1 fully saturated rings. The van der Waals surface area contributed by atoms with Crippen LogP contribution in [0.4, 0.5) is 5.69 Å². The van der Waals surface area contributed by atoms with E-state index in [1.54, 1.807) is 6.07 Å². The molecule has 7 nitrogen and oxygen atoms in total. The van der Waals surface area contributed by atoms with Gasteiger partial charge in [-0.2, -0.15) is 0 Å². The molecule has 0 radical (unpaired) electrons. The molecule has 0 saturated carbocycles. The number of nitrogens with zero attached hydrogens (tertiary/aromatic N) is 1. The van der Waals surface area contributed by atoms with Crippen molar-refractivity contribution in [1.82, 2.24) is 10.6 Å². The van der Waals surface area contributed by atoms with Crippen molar-refractivity contribution in [2.75, 3.05) is 13.7 Å². The lowest BCUT2D eigenvalue weighted by Crippen LogP contribution is -2.44. The fraction of sp³-hybridized carbons (Fsp3) is 0.364. The first-order valence-corrected chi connectivity index (χ1v) is 5.47. The van der Waals surface area contributed by atoms with E-state index < -0.39 is 11.1 Å². The van der Waals surface area contributed by atoms with Gasteiger partial charge >= 0.3 is 5.69 Å². The molecule has 1 heterocycles. The number of nitro benzene ring substituents is 1. The van der Waals surface area contributed by atoms with Crippen LogP contribution in [0.3, 0.4) is 0 Å². The van der Waals surface area contributed by atoms with Gasteiger partial charge in [-0.15, -0.1) is 0 Å². The minimum atomic E-state index is -0.507. The van der Waals surface area contributed by atoms with E-state index in [4.69, 9.17) is 4.74 Å². The molecule has 0 aromatic heterocycles. The summed E-state index contributed by atoms with van der Waals surface area (Å²) in [5, 5.41) is 16.7. The van der Waals surface area contributed by atoms with Crippen molar-refractivity contribution in [3.05, 3.63) is 33.9 Å². The molecule has 2 N–H and O–H groups in total. The maximum atomic E-state index is 11.3. The van der Waals surface area contributed by atoms with E-state index in [-0.39, 0.29) is 17.3 Å². The standard InChI is InChI=1S/C11H13N3O4/c1-18-9-3-2-7(6-8(9)14(16)17)11-12-5-4-10(15)13-11/h2-3,6,11-12H,4-5H2,1H3,(H,13,15)/t11-/m1/s1. The average molecular weight is 251 g/mol. The summed E-state index contributed by atoms with van der Waals surface area (Å²) in [5.41, 5.74) is 0.521. The van der Waals surface area contributed by atoms with Crippen molar-refractivity contribution in [2.24, 2.45) is 0 Å². The summed E-state index contributed by atoms with van der Waals surface area (Å²) in [4.78, 5) is 21.7. The monoisotopic (exact) mass is 251 g/mol. The van der Waals surface area contributed by atoms with Crippen LogP contribution in [0.25, 0.3) is 0 Å². The van der Waals surface area contributed by atoms with Crippen LogP contribution in [0.2, 0.25) is 0 Å². The Kier molecular flexibility index (Phi) is 3.42. The SMILES string of the molecule is COc1ccc([C@@H]2NCCC(=O)N2)cc1[N+](=O)[O-]. The predicted octanol–water partition coefficient (Wildman–Crippen LogP) is 0.711. The van der Waals surface area contributed by atoms with E-state index >= 15 is 0 Å². The van der Waals surface area contributed by atoms with Gasteiger partial charge in [0.05, 0.1) is 12.0 Å². The highest BCUT2D eigenvalue weighted by atomic mass is 16.6. The van der Waals surface area contributed by atoms with Gasteiger partial charge in [0.1, 0.15) is 6.17 Å². The number of ether oxygens (including phenoxy) is 1. The summed E-state index contributed by atoms with van der Waals surface area (Å²) < 4.78 is 4.92. The second-order valence-corrected chi connectivity index (χ2v) is 3.89. The molecule has 1 atom stereocenters. The fourth-order valence-corrected chi connectivity index (χ4v) is 1.84. The maximum absolute atomic E-state index is 11.3. The zero-order chi connectivity index (χ0) is 13.1. The second-order valence-electron chi connectivity index (χ2n) is 3.89. The molecule has 18 heavy (non-hydrogen) atoms. The quantitative estimate of drug-likeness (QED) is 0.609. The van der Waals surface area contributed by atoms with Gasteiger partial charge in [-0.1, -0.05) is 6.07 Å². The first kappa shape index (κ1) is 12.3. The number of rotatable bonds is 3.